The molecule has 0 aliphatic carbocycles. The fourth-order valence-corrected chi connectivity index (χ4v) is 3.29. The molecular weight excluding hydrogens is 443 g/mol. The highest BCUT2D eigenvalue weighted by atomic mass is 35.5. The van der Waals surface area contributed by atoms with Crippen molar-refractivity contribution < 1.29 is 18.7 Å². The predicted octanol–water partition coefficient (Wildman–Crippen LogP) is 6.31. The van der Waals surface area contributed by atoms with E-state index in [4.69, 9.17) is 21.1 Å². The van der Waals surface area contributed by atoms with Gasteiger partial charge in [-0.05, 0) is 79.1 Å². The molecule has 0 aromatic heterocycles. The average Bonchev–Trinajstić information content (AvgIpc) is 2.79. The van der Waals surface area contributed by atoms with E-state index in [1.165, 1.54) is 18.2 Å². The molecule has 0 saturated carbocycles. The van der Waals surface area contributed by atoms with Gasteiger partial charge in [0.25, 0.3) is 5.91 Å². The van der Waals surface area contributed by atoms with Gasteiger partial charge in [0.05, 0.1) is 6.61 Å². The minimum absolute atomic E-state index is 0.0692. The van der Waals surface area contributed by atoms with Crippen LogP contribution in [0, 0.1) is 24.1 Å². The lowest BCUT2D eigenvalue weighted by atomic mass is 10.1. The molecule has 0 atom stereocenters. The number of nitrogens with one attached hydrogen (secondary N) is 1. The summed E-state index contributed by atoms with van der Waals surface area (Å²) in [6, 6.07) is 18.2. The number of nitriles is 1. The lowest BCUT2D eigenvalue weighted by Gasteiger charge is -2.13. The number of aryl methyl sites for hydroxylation is 1. The maximum atomic E-state index is 13.4. The number of benzene rings is 3. The third-order valence-corrected chi connectivity index (χ3v) is 4.90. The second-order valence-electron chi connectivity index (χ2n) is 7.14. The van der Waals surface area contributed by atoms with Crippen LogP contribution in [-0.2, 0) is 11.4 Å². The molecule has 0 heterocycles. The molecule has 0 unspecified atom stereocenters. The Labute approximate surface area is 197 Å². The number of carbonyl (C=O) groups is 1. The van der Waals surface area contributed by atoms with Gasteiger partial charge in [0.2, 0.25) is 0 Å². The molecule has 33 heavy (non-hydrogen) atoms. The predicted molar refractivity (Wildman–Crippen MR) is 127 cm³/mol. The van der Waals surface area contributed by atoms with Crippen LogP contribution in [0.5, 0.6) is 11.5 Å². The second-order valence-corrected chi connectivity index (χ2v) is 7.58. The fraction of sp³-hybridized carbons (Fsp3) is 0.154. The first kappa shape index (κ1) is 23.8. The summed E-state index contributed by atoms with van der Waals surface area (Å²) in [5.41, 5.74) is 2.56. The molecule has 168 valence electrons. The van der Waals surface area contributed by atoms with Crippen molar-refractivity contribution in [1.82, 2.24) is 0 Å². The van der Waals surface area contributed by atoms with Crippen LogP contribution in [0.25, 0.3) is 6.08 Å². The highest BCUT2D eigenvalue weighted by Crippen LogP contribution is 2.30. The van der Waals surface area contributed by atoms with Crippen molar-refractivity contribution in [3.8, 4) is 17.6 Å². The quantitative estimate of drug-likeness (QED) is 0.313. The first-order valence-electron chi connectivity index (χ1n) is 10.2. The van der Waals surface area contributed by atoms with Crippen LogP contribution in [0.4, 0.5) is 10.1 Å². The Bertz CT molecular complexity index is 1230. The third kappa shape index (κ3) is 6.58. The van der Waals surface area contributed by atoms with Gasteiger partial charge in [-0.2, -0.15) is 5.26 Å². The zero-order chi connectivity index (χ0) is 23.8. The summed E-state index contributed by atoms with van der Waals surface area (Å²) >= 11 is 5.95. The number of halogens is 2. The van der Waals surface area contributed by atoms with Crippen LogP contribution in [0.15, 0.2) is 66.2 Å². The summed E-state index contributed by atoms with van der Waals surface area (Å²) in [6.45, 7) is 4.21. The summed E-state index contributed by atoms with van der Waals surface area (Å²) in [5.74, 6) is 0.0527. The summed E-state index contributed by atoms with van der Waals surface area (Å²) in [7, 11) is 0. The van der Waals surface area contributed by atoms with E-state index in [0.717, 1.165) is 5.56 Å². The van der Waals surface area contributed by atoms with Crippen molar-refractivity contribution in [3.63, 3.8) is 0 Å². The van der Waals surface area contributed by atoms with Gasteiger partial charge >= 0.3 is 0 Å². The van der Waals surface area contributed by atoms with Gasteiger partial charge in [-0.1, -0.05) is 29.8 Å². The molecule has 3 aromatic carbocycles. The van der Waals surface area contributed by atoms with E-state index in [9.17, 15) is 14.4 Å². The minimum atomic E-state index is -0.535. The Kier molecular flexibility index (Phi) is 8.06. The Morgan fingerprint density at radius 1 is 1.12 bits per heavy atom. The van der Waals surface area contributed by atoms with E-state index in [-0.39, 0.29) is 18.0 Å². The molecule has 0 radical (unpaired) electrons. The van der Waals surface area contributed by atoms with Gasteiger partial charge in [-0.25, -0.2) is 4.39 Å². The van der Waals surface area contributed by atoms with Crippen molar-refractivity contribution in [2.45, 2.75) is 20.5 Å². The molecule has 0 aliphatic rings. The molecule has 0 bridgehead atoms. The van der Waals surface area contributed by atoms with Crippen molar-refractivity contribution in [2.24, 2.45) is 0 Å². The van der Waals surface area contributed by atoms with Crippen LogP contribution >= 0.6 is 11.6 Å². The van der Waals surface area contributed by atoms with Gasteiger partial charge in [0, 0.05) is 10.7 Å². The van der Waals surface area contributed by atoms with Crippen LogP contribution in [0.2, 0.25) is 5.02 Å². The fourth-order valence-electron chi connectivity index (χ4n) is 3.06. The highest BCUT2D eigenvalue weighted by Gasteiger charge is 2.13. The topological polar surface area (TPSA) is 71.3 Å². The molecule has 0 saturated heterocycles. The Morgan fingerprint density at radius 2 is 1.94 bits per heavy atom. The summed E-state index contributed by atoms with van der Waals surface area (Å²) in [5, 5.41) is 12.8. The lowest BCUT2D eigenvalue weighted by molar-refractivity contribution is -0.112. The van der Waals surface area contributed by atoms with Crippen molar-refractivity contribution in [1.29, 1.82) is 5.26 Å². The van der Waals surface area contributed by atoms with E-state index in [1.54, 1.807) is 48.5 Å². The normalized spacial score (nSPS) is 10.9. The Morgan fingerprint density at radius 3 is 2.64 bits per heavy atom. The molecule has 7 heteroatoms. The second kappa shape index (κ2) is 11.2. The van der Waals surface area contributed by atoms with Crippen LogP contribution in [-0.4, -0.2) is 12.5 Å². The van der Waals surface area contributed by atoms with Crippen molar-refractivity contribution in [2.75, 3.05) is 11.9 Å². The molecular formula is C26H22ClFN2O3. The van der Waals surface area contributed by atoms with E-state index in [1.807, 2.05) is 19.9 Å². The number of rotatable bonds is 8. The number of hydrogen-bond acceptors (Lipinski definition) is 4. The number of ether oxygens (including phenoxy) is 2. The number of hydrogen-bond donors (Lipinski definition) is 1. The largest absolute Gasteiger partial charge is 0.490 e. The highest BCUT2D eigenvalue weighted by molar-refractivity contribution is 6.30. The number of anilines is 1. The maximum Gasteiger partial charge on any atom is 0.266 e. The summed E-state index contributed by atoms with van der Waals surface area (Å²) in [4.78, 5) is 12.6. The standard InChI is InChI=1S/C26H22ClFN2O3/c1-3-32-25-14-18(7-10-24(25)33-16-19-5-4-6-22(28)13-19)12-20(15-29)26(31)30-23-9-8-21(27)11-17(23)2/h4-14H,3,16H2,1-2H3,(H,30,31)/b20-12+. The number of carbonyl (C=O) groups excluding carboxylic acids is 1. The molecule has 3 rings (SSSR count). The van der Waals surface area contributed by atoms with Crippen LogP contribution < -0.4 is 14.8 Å². The van der Waals surface area contributed by atoms with Gasteiger partial charge < -0.3 is 14.8 Å². The first-order chi connectivity index (χ1) is 15.9. The Hall–Kier alpha value is -3.82. The monoisotopic (exact) mass is 464 g/mol. The zero-order valence-electron chi connectivity index (χ0n) is 18.2. The van der Waals surface area contributed by atoms with Crippen LogP contribution in [0.3, 0.4) is 0 Å². The number of nitrogens with zero attached hydrogens (tertiary/aromatic N) is 1. The van der Waals surface area contributed by atoms with Gasteiger partial charge in [0.15, 0.2) is 11.5 Å². The van der Waals surface area contributed by atoms with E-state index in [2.05, 4.69) is 5.32 Å². The SMILES string of the molecule is CCOc1cc(/C=C(\C#N)C(=O)Nc2ccc(Cl)cc2C)ccc1OCc1cccc(F)c1. The molecule has 0 aliphatic heterocycles. The van der Waals surface area contributed by atoms with E-state index < -0.39 is 5.91 Å². The maximum absolute atomic E-state index is 13.4. The van der Waals surface area contributed by atoms with Gasteiger partial charge in [0.1, 0.15) is 24.1 Å². The molecule has 1 amide bonds. The van der Waals surface area contributed by atoms with Gasteiger partial charge in [-0.3, -0.25) is 4.79 Å². The third-order valence-electron chi connectivity index (χ3n) is 4.66. The van der Waals surface area contributed by atoms with Crippen molar-refractivity contribution in [3.05, 3.63) is 93.8 Å². The van der Waals surface area contributed by atoms with Gasteiger partial charge in [-0.15, -0.1) is 0 Å². The Balaban J connectivity index is 1.79. The average molecular weight is 465 g/mol. The molecule has 0 spiro atoms. The number of amides is 1. The van der Waals surface area contributed by atoms with E-state index >= 15 is 0 Å². The first-order valence-corrected chi connectivity index (χ1v) is 10.6. The van der Waals surface area contributed by atoms with E-state index in [0.29, 0.717) is 39.9 Å². The molecule has 3 aromatic rings. The lowest BCUT2D eigenvalue weighted by Crippen LogP contribution is -2.14. The molecule has 5 nitrogen and oxygen atoms in total. The smallest absolute Gasteiger partial charge is 0.266 e. The van der Waals surface area contributed by atoms with Crippen molar-refractivity contribution >= 4 is 29.3 Å². The molecule has 0 fully saturated rings. The summed E-state index contributed by atoms with van der Waals surface area (Å²) in [6.07, 6.45) is 1.47. The zero-order valence-corrected chi connectivity index (χ0v) is 18.9. The summed E-state index contributed by atoms with van der Waals surface area (Å²) < 4.78 is 24.9. The minimum Gasteiger partial charge on any atom is -0.490 e. The molecule has 1 N–H and O–H groups in total. The van der Waals surface area contributed by atoms with Crippen LogP contribution in [0.1, 0.15) is 23.6 Å².